The molecular formula is C19H20ClN3. The molecule has 4 rings (SSSR count). The van der Waals surface area contributed by atoms with E-state index in [1.54, 1.807) is 0 Å². The maximum atomic E-state index is 6.21. The van der Waals surface area contributed by atoms with Crippen molar-refractivity contribution in [1.82, 2.24) is 9.38 Å². The van der Waals surface area contributed by atoms with Gasteiger partial charge in [0.15, 0.2) is 0 Å². The topological polar surface area (TPSA) is 29.3 Å². The van der Waals surface area contributed by atoms with E-state index in [1.165, 1.54) is 31.2 Å². The van der Waals surface area contributed by atoms with E-state index >= 15 is 0 Å². The summed E-state index contributed by atoms with van der Waals surface area (Å²) >= 11 is 6.21. The van der Waals surface area contributed by atoms with Gasteiger partial charge in [-0.1, -0.05) is 54.3 Å². The lowest BCUT2D eigenvalue weighted by molar-refractivity contribution is 0.749. The third-order valence-electron chi connectivity index (χ3n) is 4.60. The van der Waals surface area contributed by atoms with Crippen LogP contribution in [0.3, 0.4) is 0 Å². The van der Waals surface area contributed by atoms with Gasteiger partial charge >= 0.3 is 0 Å². The van der Waals surface area contributed by atoms with Crippen molar-refractivity contribution in [2.24, 2.45) is 0 Å². The Hall–Kier alpha value is -2.00. The number of rotatable bonds is 3. The predicted octanol–water partition coefficient (Wildman–Crippen LogP) is 5.32. The van der Waals surface area contributed by atoms with Gasteiger partial charge in [-0.3, -0.25) is 4.40 Å². The second kappa shape index (κ2) is 5.89. The summed E-state index contributed by atoms with van der Waals surface area (Å²) in [5.41, 5.74) is 4.31. The number of aromatic nitrogens is 2. The molecule has 3 nitrogen and oxygen atoms in total. The molecule has 0 spiro atoms. The van der Waals surface area contributed by atoms with Crippen LogP contribution in [0.1, 0.15) is 31.2 Å². The first kappa shape index (κ1) is 14.6. The molecule has 0 aliphatic heterocycles. The van der Waals surface area contributed by atoms with E-state index in [0.29, 0.717) is 6.04 Å². The highest BCUT2D eigenvalue weighted by Crippen LogP contribution is 2.32. The second-order valence-electron chi connectivity index (χ2n) is 6.38. The summed E-state index contributed by atoms with van der Waals surface area (Å²) in [6.45, 7) is 2.10. The van der Waals surface area contributed by atoms with Gasteiger partial charge in [0.05, 0.1) is 5.02 Å². The van der Waals surface area contributed by atoms with Gasteiger partial charge in [-0.05, 0) is 31.9 Å². The van der Waals surface area contributed by atoms with Gasteiger partial charge in [-0.25, -0.2) is 4.98 Å². The maximum Gasteiger partial charge on any atom is 0.139 e. The molecule has 118 valence electrons. The van der Waals surface area contributed by atoms with Crippen molar-refractivity contribution in [1.29, 1.82) is 0 Å². The highest BCUT2D eigenvalue weighted by Gasteiger charge is 2.20. The number of imidazole rings is 1. The predicted molar refractivity (Wildman–Crippen MR) is 96.3 cm³/mol. The van der Waals surface area contributed by atoms with Gasteiger partial charge in [0.25, 0.3) is 0 Å². The monoisotopic (exact) mass is 325 g/mol. The largest absolute Gasteiger partial charge is 0.367 e. The number of aryl methyl sites for hydroxylation is 1. The van der Waals surface area contributed by atoms with Crippen molar-refractivity contribution >= 4 is 23.1 Å². The number of hydrogen-bond donors (Lipinski definition) is 1. The van der Waals surface area contributed by atoms with Gasteiger partial charge < -0.3 is 5.32 Å². The molecule has 23 heavy (non-hydrogen) atoms. The average molecular weight is 326 g/mol. The fourth-order valence-electron chi connectivity index (χ4n) is 3.33. The summed E-state index contributed by atoms with van der Waals surface area (Å²) in [6, 6.07) is 12.9. The first-order valence-electron chi connectivity index (χ1n) is 8.22. The Balaban J connectivity index is 1.85. The van der Waals surface area contributed by atoms with Crippen LogP contribution in [0.25, 0.3) is 16.9 Å². The van der Waals surface area contributed by atoms with Crippen LogP contribution in [-0.4, -0.2) is 15.4 Å². The van der Waals surface area contributed by atoms with Gasteiger partial charge in [0.1, 0.15) is 17.2 Å². The summed E-state index contributed by atoms with van der Waals surface area (Å²) in [4.78, 5) is 4.84. The number of anilines is 1. The normalized spacial score (nSPS) is 15.4. The maximum absolute atomic E-state index is 6.21. The van der Waals surface area contributed by atoms with E-state index in [1.807, 2.05) is 18.3 Å². The summed E-state index contributed by atoms with van der Waals surface area (Å²) in [5, 5.41) is 4.44. The highest BCUT2D eigenvalue weighted by atomic mass is 35.5. The molecule has 1 fully saturated rings. The van der Waals surface area contributed by atoms with E-state index in [2.05, 4.69) is 40.9 Å². The second-order valence-corrected chi connectivity index (χ2v) is 6.81. The first-order chi connectivity index (χ1) is 11.2. The SMILES string of the molecule is Cc1ccc(-c2nc3ccc(Cl)cn3c2NC2CCCC2)cc1. The molecule has 1 aliphatic carbocycles. The van der Waals surface area contributed by atoms with Crippen LogP contribution in [0.2, 0.25) is 5.02 Å². The lowest BCUT2D eigenvalue weighted by Crippen LogP contribution is -2.16. The van der Waals surface area contributed by atoms with Crippen molar-refractivity contribution in [3.63, 3.8) is 0 Å². The number of halogens is 1. The molecule has 1 aliphatic rings. The zero-order valence-corrected chi connectivity index (χ0v) is 14.0. The number of fused-ring (bicyclic) bond motifs is 1. The van der Waals surface area contributed by atoms with Gasteiger partial charge in [0, 0.05) is 17.8 Å². The Bertz CT molecular complexity index is 830. The molecule has 2 heterocycles. The van der Waals surface area contributed by atoms with Crippen LogP contribution in [0.5, 0.6) is 0 Å². The third-order valence-corrected chi connectivity index (χ3v) is 4.83. The average Bonchev–Trinajstić information content (AvgIpc) is 3.17. The van der Waals surface area contributed by atoms with E-state index in [4.69, 9.17) is 16.6 Å². The van der Waals surface area contributed by atoms with Crippen molar-refractivity contribution in [2.45, 2.75) is 38.6 Å². The molecule has 1 saturated carbocycles. The zero-order chi connectivity index (χ0) is 15.8. The summed E-state index contributed by atoms with van der Waals surface area (Å²) in [7, 11) is 0. The van der Waals surface area contributed by atoms with Crippen LogP contribution >= 0.6 is 11.6 Å². The number of benzene rings is 1. The molecule has 0 saturated heterocycles. The quantitative estimate of drug-likeness (QED) is 0.706. The van der Waals surface area contributed by atoms with Crippen molar-refractivity contribution in [3.05, 3.63) is 53.2 Å². The summed E-state index contributed by atoms with van der Waals surface area (Å²) in [5.74, 6) is 1.05. The van der Waals surface area contributed by atoms with Crippen molar-refractivity contribution in [3.8, 4) is 11.3 Å². The lowest BCUT2D eigenvalue weighted by Gasteiger charge is -2.15. The van der Waals surface area contributed by atoms with Crippen LogP contribution in [0.15, 0.2) is 42.6 Å². The zero-order valence-electron chi connectivity index (χ0n) is 13.2. The molecule has 0 atom stereocenters. The number of nitrogens with one attached hydrogen (secondary N) is 1. The number of nitrogens with zero attached hydrogens (tertiary/aromatic N) is 2. The molecular weight excluding hydrogens is 306 g/mol. The fraction of sp³-hybridized carbons (Fsp3) is 0.316. The molecule has 0 radical (unpaired) electrons. The lowest BCUT2D eigenvalue weighted by atomic mass is 10.1. The Morgan fingerprint density at radius 2 is 1.83 bits per heavy atom. The van der Waals surface area contributed by atoms with E-state index in [9.17, 15) is 0 Å². The van der Waals surface area contributed by atoms with Crippen LogP contribution in [0.4, 0.5) is 5.82 Å². The van der Waals surface area contributed by atoms with E-state index in [-0.39, 0.29) is 0 Å². The minimum Gasteiger partial charge on any atom is -0.367 e. The minimum atomic E-state index is 0.526. The van der Waals surface area contributed by atoms with Crippen LogP contribution in [0, 0.1) is 6.92 Å². The van der Waals surface area contributed by atoms with Gasteiger partial charge in [-0.2, -0.15) is 0 Å². The summed E-state index contributed by atoms with van der Waals surface area (Å²) < 4.78 is 2.08. The molecule has 1 aromatic carbocycles. The molecule has 0 amide bonds. The Kier molecular flexibility index (Phi) is 3.74. The molecule has 3 aromatic rings. The van der Waals surface area contributed by atoms with E-state index in [0.717, 1.165) is 27.7 Å². The summed E-state index contributed by atoms with van der Waals surface area (Å²) in [6.07, 6.45) is 6.99. The van der Waals surface area contributed by atoms with Gasteiger partial charge in [-0.15, -0.1) is 0 Å². The van der Waals surface area contributed by atoms with Crippen molar-refractivity contribution < 1.29 is 0 Å². The standard InChI is InChI=1S/C19H20ClN3/c1-13-6-8-14(9-7-13)18-19(21-16-4-2-3-5-16)23-12-15(20)10-11-17(23)22-18/h6-12,16,21H,2-5H2,1H3. The smallest absolute Gasteiger partial charge is 0.139 e. The molecule has 4 heteroatoms. The van der Waals surface area contributed by atoms with E-state index < -0.39 is 0 Å². The van der Waals surface area contributed by atoms with Crippen LogP contribution in [-0.2, 0) is 0 Å². The van der Waals surface area contributed by atoms with Crippen LogP contribution < -0.4 is 5.32 Å². The molecule has 1 N–H and O–H groups in total. The third kappa shape index (κ3) is 2.81. The molecule has 2 aromatic heterocycles. The Morgan fingerprint density at radius 3 is 2.57 bits per heavy atom. The number of hydrogen-bond acceptors (Lipinski definition) is 2. The Labute approximate surface area is 141 Å². The highest BCUT2D eigenvalue weighted by molar-refractivity contribution is 6.30. The minimum absolute atomic E-state index is 0.526. The Morgan fingerprint density at radius 1 is 1.09 bits per heavy atom. The fourth-order valence-corrected chi connectivity index (χ4v) is 3.49. The van der Waals surface area contributed by atoms with Crippen molar-refractivity contribution in [2.75, 3.05) is 5.32 Å². The molecule has 0 bridgehead atoms. The van der Waals surface area contributed by atoms with Gasteiger partial charge in [0.2, 0.25) is 0 Å². The molecule has 0 unspecified atom stereocenters. The first-order valence-corrected chi connectivity index (χ1v) is 8.60. The number of pyridine rings is 1.